The van der Waals surface area contributed by atoms with Gasteiger partial charge in [-0.1, -0.05) is 0 Å². The molecule has 0 aliphatic rings. The lowest BCUT2D eigenvalue weighted by Gasteiger charge is -2.04. The van der Waals surface area contributed by atoms with Crippen molar-refractivity contribution in [1.82, 2.24) is 0 Å². The highest BCUT2D eigenvalue weighted by molar-refractivity contribution is 7.82. The number of ether oxygens (including phenoxy) is 2. The van der Waals surface area contributed by atoms with Crippen LogP contribution in [0.25, 0.3) is 0 Å². The normalized spacial score (nSPS) is 9.46. The van der Waals surface area contributed by atoms with Crippen molar-refractivity contribution in [3.8, 4) is 11.5 Å². The lowest BCUT2D eigenvalue weighted by molar-refractivity contribution is 0.408. The van der Waals surface area contributed by atoms with Crippen molar-refractivity contribution >= 4 is 28.3 Å². The summed E-state index contributed by atoms with van der Waals surface area (Å²) < 4.78 is 22.3. The minimum Gasteiger partial charge on any atom is -0.497 e. The van der Waals surface area contributed by atoms with E-state index in [9.17, 15) is 4.39 Å². The van der Waals surface area contributed by atoms with E-state index in [1.807, 2.05) is 0 Å². The van der Waals surface area contributed by atoms with Crippen LogP contribution in [0.4, 0.5) is 4.39 Å². The number of thiocarbonyl (C=S) groups is 1. The van der Waals surface area contributed by atoms with E-state index < -0.39 is 5.82 Å². The highest BCUT2D eigenvalue weighted by atomic mass is 35.5. The van der Waals surface area contributed by atoms with Crippen molar-refractivity contribution in [3.63, 3.8) is 0 Å². The van der Waals surface area contributed by atoms with Crippen molar-refractivity contribution in [3.05, 3.63) is 24.0 Å². The molecule has 70 valence electrons. The highest BCUT2D eigenvalue weighted by Gasteiger charge is 2.06. The van der Waals surface area contributed by atoms with Crippen molar-refractivity contribution in [1.29, 1.82) is 0 Å². The number of benzene rings is 1. The zero-order valence-electron chi connectivity index (χ0n) is 6.71. The van der Waals surface area contributed by atoms with Gasteiger partial charge in [-0.05, 0) is 36.0 Å². The van der Waals surface area contributed by atoms with Gasteiger partial charge in [0.2, 0.25) is 0 Å². The van der Waals surface area contributed by atoms with E-state index in [-0.39, 0.29) is 10.3 Å². The fraction of sp³-hybridized carbons (Fsp3) is 0.125. The topological polar surface area (TPSA) is 18.5 Å². The molecular weight excluding hydrogens is 215 g/mol. The molecule has 0 aromatic heterocycles. The van der Waals surface area contributed by atoms with Gasteiger partial charge < -0.3 is 9.47 Å². The van der Waals surface area contributed by atoms with Gasteiger partial charge in [-0.15, -0.1) is 0 Å². The summed E-state index contributed by atoms with van der Waals surface area (Å²) in [5, 5.41) is 0. The highest BCUT2D eigenvalue weighted by Crippen LogP contribution is 2.22. The van der Waals surface area contributed by atoms with Crippen LogP contribution in [0.5, 0.6) is 11.5 Å². The van der Waals surface area contributed by atoms with Crippen LogP contribution in [0.1, 0.15) is 0 Å². The molecule has 1 aromatic carbocycles. The average molecular weight is 221 g/mol. The van der Waals surface area contributed by atoms with Gasteiger partial charge >= 0.3 is 0 Å². The van der Waals surface area contributed by atoms with Crippen LogP contribution in [0.3, 0.4) is 0 Å². The summed E-state index contributed by atoms with van der Waals surface area (Å²) in [4.78, 5) is 0. The van der Waals surface area contributed by atoms with Crippen LogP contribution >= 0.6 is 23.8 Å². The molecule has 1 rings (SSSR count). The average Bonchev–Trinajstić information content (AvgIpc) is 2.08. The minimum absolute atomic E-state index is 0.0131. The van der Waals surface area contributed by atoms with Crippen LogP contribution in [0, 0.1) is 5.82 Å². The summed E-state index contributed by atoms with van der Waals surface area (Å²) in [5.74, 6) is -0.173. The predicted molar refractivity (Wildman–Crippen MR) is 52.0 cm³/mol. The summed E-state index contributed by atoms with van der Waals surface area (Å²) in [6.07, 6.45) is 0. The van der Waals surface area contributed by atoms with E-state index in [4.69, 9.17) is 21.1 Å². The molecule has 0 bridgehead atoms. The third-order valence-corrected chi connectivity index (χ3v) is 1.49. The molecule has 0 amide bonds. The fourth-order valence-electron chi connectivity index (χ4n) is 0.778. The van der Waals surface area contributed by atoms with E-state index in [1.54, 1.807) is 6.07 Å². The second-order valence-corrected chi connectivity index (χ2v) is 3.07. The maximum Gasteiger partial charge on any atom is 0.261 e. The van der Waals surface area contributed by atoms with Gasteiger partial charge in [0.15, 0.2) is 11.6 Å². The molecule has 0 fully saturated rings. The molecule has 0 N–H and O–H groups in total. The second-order valence-electron chi connectivity index (χ2n) is 2.14. The fourth-order valence-corrected chi connectivity index (χ4v) is 0.951. The van der Waals surface area contributed by atoms with Crippen LogP contribution < -0.4 is 9.47 Å². The maximum absolute atomic E-state index is 13.1. The second kappa shape index (κ2) is 4.39. The molecule has 0 aliphatic carbocycles. The zero-order valence-corrected chi connectivity index (χ0v) is 8.29. The quantitative estimate of drug-likeness (QED) is 0.564. The standard InChI is InChI=1S/C8H6ClFO2S/c1-11-5-2-3-7(6(10)4-5)12-8(9)13/h2-4H,1H3. The predicted octanol–water partition coefficient (Wildman–Crippen LogP) is 2.74. The smallest absolute Gasteiger partial charge is 0.261 e. The summed E-state index contributed by atoms with van der Waals surface area (Å²) in [6, 6.07) is 4.13. The van der Waals surface area contributed by atoms with Crippen LogP contribution in [0.15, 0.2) is 18.2 Å². The third kappa shape index (κ3) is 2.82. The summed E-state index contributed by atoms with van der Waals surface area (Å²) >= 11 is 9.71. The molecule has 0 radical (unpaired) electrons. The van der Waals surface area contributed by atoms with E-state index >= 15 is 0 Å². The first-order valence-corrected chi connectivity index (χ1v) is 4.13. The molecule has 13 heavy (non-hydrogen) atoms. The molecule has 0 atom stereocenters. The Kier molecular flexibility index (Phi) is 3.45. The molecule has 2 nitrogen and oxygen atoms in total. The molecule has 0 saturated carbocycles. The van der Waals surface area contributed by atoms with Crippen molar-refractivity contribution in [2.75, 3.05) is 7.11 Å². The van der Waals surface area contributed by atoms with Gasteiger partial charge in [-0.3, -0.25) is 0 Å². The molecular formula is C8H6ClFO2S. The van der Waals surface area contributed by atoms with Gasteiger partial charge in [0.1, 0.15) is 5.75 Å². The molecule has 0 saturated heterocycles. The third-order valence-electron chi connectivity index (χ3n) is 1.33. The molecule has 0 unspecified atom stereocenters. The lowest BCUT2D eigenvalue weighted by Crippen LogP contribution is -1.98. The molecule has 0 aliphatic heterocycles. The minimum atomic E-state index is -0.567. The van der Waals surface area contributed by atoms with E-state index in [2.05, 4.69) is 12.2 Å². The molecule has 0 spiro atoms. The van der Waals surface area contributed by atoms with E-state index in [0.29, 0.717) is 5.75 Å². The maximum atomic E-state index is 13.1. The Morgan fingerprint density at radius 3 is 2.69 bits per heavy atom. The summed E-state index contributed by atoms with van der Waals surface area (Å²) in [5.41, 5.74) is 0. The SMILES string of the molecule is COc1ccc(OC(=S)Cl)c(F)c1. The van der Waals surface area contributed by atoms with Gasteiger partial charge in [0.05, 0.1) is 7.11 Å². The Balaban J connectivity index is 2.91. The number of methoxy groups -OCH3 is 1. The van der Waals surface area contributed by atoms with Gasteiger partial charge in [0.25, 0.3) is 4.51 Å². The Morgan fingerprint density at radius 1 is 1.54 bits per heavy atom. The van der Waals surface area contributed by atoms with Crippen molar-refractivity contribution in [2.24, 2.45) is 0 Å². The first-order chi connectivity index (χ1) is 6.13. The first-order valence-electron chi connectivity index (χ1n) is 3.34. The molecule has 1 aromatic rings. The van der Waals surface area contributed by atoms with Crippen molar-refractivity contribution in [2.45, 2.75) is 0 Å². The first kappa shape index (κ1) is 10.2. The van der Waals surface area contributed by atoms with E-state index in [1.165, 1.54) is 19.2 Å². The molecule has 0 heterocycles. The largest absolute Gasteiger partial charge is 0.497 e. The summed E-state index contributed by atoms with van der Waals surface area (Å²) in [7, 11) is 1.45. The number of rotatable bonds is 2. The number of hydrogen-bond donors (Lipinski definition) is 0. The lowest BCUT2D eigenvalue weighted by atomic mass is 10.3. The zero-order chi connectivity index (χ0) is 9.84. The Bertz CT molecular complexity index is 330. The van der Waals surface area contributed by atoms with E-state index in [0.717, 1.165) is 0 Å². The molecule has 5 heteroatoms. The van der Waals surface area contributed by atoms with Crippen LogP contribution in [-0.4, -0.2) is 11.6 Å². The van der Waals surface area contributed by atoms with Crippen LogP contribution in [-0.2, 0) is 0 Å². The monoisotopic (exact) mass is 220 g/mol. The summed E-state index contributed by atoms with van der Waals surface area (Å²) in [6.45, 7) is 0. The van der Waals surface area contributed by atoms with Crippen molar-refractivity contribution < 1.29 is 13.9 Å². The van der Waals surface area contributed by atoms with Gasteiger partial charge in [-0.25, -0.2) is 4.39 Å². The van der Waals surface area contributed by atoms with Gasteiger partial charge in [-0.2, -0.15) is 0 Å². The Morgan fingerprint density at radius 2 is 2.23 bits per heavy atom. The Hall–Kier alpha value is -0.870. The Labute approximate surface area is 85.2 Å². The van der Waals surface area contributed by atoms with Crippen LogP contribution in [0.2, 0.25) is 0 Å². The number of halogens is 2. The van der Waals surface area contributed by atoms with Gasteiger partial charge in [0, 0.05) is 6.07 Å². The number of hydrogen-bond acceptors (Lipinski definition) is 3.